The topological polar surface area (TPSA) is 12.9 Å². The van der Waals surface area contributed by atoms with Gasteiger partial charge in [0.1, 0.15) is 0 Å². The van der Waals surface area contributed by atoms with Crippen LogP contribution >= 0.6 is 50.7 Å². The quantitative estimate of drug-likeness (QED) is 0.670. The molecular weight excluding hydrogens is 308 g/mol. The van der Waals surface area contributed by atoms with Gasteiger partial charge in [-0.25, -0.2) is 0 Å². The summed E-state index contributed by atoms with van der Waals surface area (Å²) in [6, 6.07) is 3.40. The highest BCUT2D eigenvalue weighted by molar-refractivity contribution is 9.10. The lowest BCUT2D eigenvalue weighted by Crippen LogP contribution is -1.82. The van der Waals surface area contributed by atoms with E-state index in [0.717, 1.165) is 15.4 Å². The molecule has 72 valence electrons. The molecule has 0 aliphatic carbocycles. The average Bonchev–Trinajstić information content (AvgIpc) is 2.15. The van der Waals surface area contributed by atoms with Crippen molar-refractivity contribution in [2.24, 2.45) is 0 Å². The van der Waals surface area contributed by atoms with Crippen LogP contribution in [-0.4, -0.2) is 4.98 Å². The van der Waals surface area contributed by atoms with Crippen LogP contribution in [0.4, 0.5) is 0 Å². The predicted molar refractivity (Wildman–Crippen MR) is 64.5 cm³/mol. The molecule has 1 aromatic carbocycles. The number of hydrogen-bond acceptors (Lipinski definition) is 1. The van der Waals surface area contributed by atoms with Gasteiger partial charge >= 0.3 is 0 Å². The fourth-order valence-electron chi connectivity index (χ4n) is 1.13. The summed E-state index contributed by atoms with van der Waals surface area (Å²) in [7, 11) is 0. The van der Waals surface area contributed by atoms with Crippen LogP contribution in [0, 0.1) is 0 Å². The zero-order chi connectivity index (χ0) is 10.3. The van der Waals surface area contributed by atoms with E-state index in [0.29, 0.717) is 15.1 Å². The first kappa shape index (κ1) is 10.5. The van der Waals surface area contributed by atoms with E-state index in [1.165, 1.54) is 0 Å². The van der Waals surface area contributed by atoms with Crippen molar-refractivity contribution in [3.8, 4) is 0 Å². The van der Waals surface area contributed by atoms with Crippen molar-refractivity contribution in [2.45, 2.75) is 0 Å². The van der Waals surface area contributed by atoms with Crippen molar-refractivity contribution in [3.05, 3.63) is 37.9 Å². The minimum Gasteiger partial charge on any atom is -0.255 e. The second-order valence-electron chi connectivity index (χ2n) is 2.70. The van der Waals surface area contributed by atoms with E-state index in [1.807, 2.05) is 0 Å². The van der Waals surface area contributed by atoms with Gasteiger partial charge in [-0.1, -0.05) is 34.8 Å². The smallest absolute Gasteiger partial charge is 0.0733 e. The molecule has 0 bridgehead atoms. The third-order valence-corrected chi connectivity index (χ3v) is 3.76. The lowest BCUT2D eigenvalue weighted by atomic mass is 10.2. The Labute approximate surface area is 104 Å². The Kier molecular flexibility index (Phi) is 2.89. The molecule has 2 rings (SSSR count). The van der Waals surface area contributed by atoms with Crippen LogP contribution < -0.4 is 0 Å². The van der Waals surface area contributed by atoms with Crippen molar-refractivity contribution in [3.63, 3.8) is 0 Å². The van der Waals surface area contributed by atoms with Crippen molar-refractivity contribution in [2.75, 3.05) is 0 Å². The molecule has 5 heteroatoms. The number of aromatic nitrogens is 1. The van der Waals surface area contributed by atoms with Crippen LogP contribution in [0.1, 0.15) is 0 Å². The molecular formula is C9H3BrCl3N. The summed E-state index contributed by atoms with van der Waals surface area (Å²) in [5.41, 5.74) is 0.729. The van der Waals surface area contributed by atoms with Gasteiger partial charge < -0.3 is 0 Å². The molecule has 14 heavy (non-hydrogen) atoms. The molecule has 0 radical (unpaired) electrons. The lowest BCUT2D eigenvalue weighted by molar-refractivity contribution is 1.39. The fourth-order valence-corrected chi connectivity index (χ4v) is 1.97. The summed E-state index contributed by atoms with van der Waals surface area (Å²) in [6.45, 7) is 0. The average molecular weight is 311 g/mol. The fraction of sp³-hybridized carbons (Fsp3) is 0. The van der Waals surface area contributed by atoms with Crippen molar-refractivity contribution < 1.29 is 0 Å². The molecule has 0 atom stereocenters. The number of hydrogen-bond donors (Lipinski definition) is 0. The summed E-state index contributed by atoms with van der Waals surface area (Å²) in [5.74, 6) is 0. The predicted octanol–water partition coefficient (Wildman–Crippen LogP) is 4.96. The molecule has 0 aliphatic heterocycles. The molecule has 0 amide bonds. The maximum Gasteiger partial charge on any atom is 0.0733 e. The summed E-state index contributed by atoms with van der Waals surface area (Å²) in [6.07, 6.45) is 1.63. The second-order valence-corrected chi connectivity index (χ2v) is 4.75. The van der Waals surface area contributed by atoms with E-state index in [9.17, 15) is 0 Å². The first-order chi connectivity index (χ1) is 6.59. The molecule has 0 saturated heterocycles. The molecule has 0 spiro atoms. The Balaban J connectivity index is 2.89. The Morgan fingerprint density at radius 2 is 1.71 bits per heavy atom. The van der Waals surface area contributed by atoms with Gasteiger partial charge in [0.2, 0.25) is 0 Å². The number of fused-ring (bicyclic) bond motifs is 1. The standard InChI is InChI=1S/C9H3BrCl3N/c10-5-3-14-8-2-7(12)6(11)1-4(8)9(5)13/h1-3H. The van der Waals surface area contributed by atoms with Gasteiger partial charge in [0.15, 0.2) is 0 Å². The Morgan fingerprint density at radius 1 is 1.07 bits per heavy atom. The molecule has 1 heterocycles. The third-order valence-electron chi connectivity index (χ3n) is 1.80. The molecule has 1 nitrogen and oxygen atoms in total. The first-order valence-corrected chi connectivity index (χ1v) is 5.61. The maximum atomic E-state index is 6.06. The van der Waals surface area contributed by atoms with E-state index in [1.54, 1.807) is 18.3 Å². The third kappa shape index (κ3) is 1.72. The van der Waals surface area contributed by atoms with Gasteiger partial charge in [-0.2, -0.15) is 0 Å². The minimum atomic E-state index is 0.473. The second kappa shape index (κ2) is 3.86. The Bertz CT molecular complexity index is 513. The van der Waals surface area contributed by atoms with Crippen molar-refractivity contribution in [1.82, 2.24) is 4.98 Å². The van der Waals surface area contributed by atoms with Crippen LogP contribution in [0.2, 0.25) is 15.1 Å². The zero-order valence-electron chi connectivity index (χ0n) is 6.69. The van der Waals surface area contributed by atoms with E-state index in [4.69, 9.17) is 34.8 Å². The molecule has 0 aliphatic rings. The minimum absolute atomic E-state index is 0.473. The van der Waals surface area contributed by atoms with E-state index in [-0.39, 0.29) is 0 Å². The Hall–Kier alpha value is -0.0200. The van der Waals surface area contributed by atoms with Crippen molar-refractivity contribution >= 4 is 61.6 Å². The van der Waals surface area contributed by atoms with Crippen LogP contribution in [-0.2, 0) is 0 Å². The SMILES string of the molecule is Clc1cc2ncc(Br)c(Cl)c2cc1Cl. The monoisotopic (exact) mass is 309 g/mol. The highest BCUT2D eigenvalue weighted by Gasteiger charge is 2.07. The van der Waals surface area contributed by atoms with Crippen LogP contribution in [0.5, 0.6) is 0 Å². The number of rotatable bonds is 0. The van der Waals surface area contributed by atoms with Gasteiger partial charge in [-0.3, -0.25) is 4.98 Å². The van der Waals surface area contributed by atoms with Gasteiger partial charge in [-0.05, 0) is 28.1 Å². The number of halogens is 4. The van der Waals surface area contributed by atoms with Crippen molar-refractivity contribution in [1.29, 1.82) is 0 Å². The first-order valence-electron chi connectivity index (χ1n) is 3.68. The van der Waals surface area contributed by atoms with Gasteiger partial charge in [0.25, 0.3) is 0 Å². The maximum absolute atomic E-state index is 6.06. The lowest BCUT2D eigenvalue weighted by Gasteiger charge is -2.03. The molecule has 0 N–H and O–H groups in total. The highest BCUT2D eigenvalue weighted by Crippen LogP contribution is 2.34. The van der Waals surface area contributed by atoms with Gasteiger partial charge in [-0.15, -0.1) is 0 Å². The highest BCUT2D eigenvalue weighted by atomic mass is 79.9. The number of nitrogens with zero attached hydrogens (tertiary/aromatic N) is 1. The Morgan fingerprint density at radius 3 is 2.43 bits per heavy atom. The molecule has 0 fully saturated rings. The summed E-state index contributed by atoms with van der Waals surface area (Å²) < 4.78 is 0.741. The largest absolute Gasteiger partial charge is 0.255 e. The van der Waals surface area contributed by atoms with E-state index < -0.39 is 0 Å². The van der Waals surface area contributed by atoms with Crippen LogP contribution in [0.15, 0.2) is 22.8 Å². The molecule has 1 aromatic heterocycles. The summed E-state index contributed by atoms with van der Waals surface area (Å²) in [5, 5.41) is 2.33. The molecule has 0 unspecified atom stereocenters. The number of benzene rings is 1. The zero-order valence-corrected chi connectivity index (χ0v) is 10.5. The molecule has 0 saturated carbocycles. The summed E-state index contributed by atoms with van der Waals surface area (Å²) in [4.78, 5) is 4.17. The number of pyridine rings is 1. The van der Waals surface area contributed by atoms with E-state index >= 15 is 0 Å². The molecule has 2 aromatic rings. The summed E-state index contributed by atoms with van der Waals surface area (Å²) >= 11 is 21.1. The van der Waals surface area contributed by atoms with Gasteiger partial charge in [0.05, 0.1) is 25.1 Å². The van der Waals surface area contributed by atoms with Crippen LogP contribution in [0.25, 0.3) is 10.9 Å². The van der Waals surface area contributed by atoms with Crippen LogP contribution in [0.3, 0.4) is 0 Å². The normalized spacial score (nSPS) is 10.9. The van der Waals surface area contributed by atoms with E-state index in [2.05, 4.69) is 20.9 Å². The van der Waals surface area contributed by atoms with Gasteiger partial charge in [0, 0.05) is 11.6 Å².